The van der Waals surface area contributed by atoms with Crippen LogP contribution in [-0.2, 0) is 0 Å². The van der Waals surface area contributed by atoms with Crippen molar-refractivity contribution in [2.45, 2.75) is 0 Å². The number of hydrogen-bond acceptors (Lipinski definition) is 3. The highest BCUT2D eigenvalue weighted by molar-refractivity contribution is 7.26. The van der Waals surface area contributed by atoms with Crippen molar-refractivity contribution in [2.75, 3.05) is 4.90 Å². The first-order valence-electron chi connectivity index (χ1n) is 18.7. The Labute approximate surface area is 322 Å². The molecule has 2 aromatic heterocycles. The monoisotopic (exact) mass is 719 g/mol. The second kappa shape index (κ2) is 12.9. The van der Waals surface area contributed by atoms with Crippen molar-refractivity contribution in [1.29, 1.82) is 0 Å². The van der Waals surface area contributed by atoms with Crippen LogP contribution in [0.5, 0.6) is 0 Å². The Morgan fingerprint density at radius 3 is 1.87 bits per heavy atom. The van der Waals surface area contributed by atoms with Crippen LogP contribution >= 0.6 is 11.3 Å². The third-order valence-corrected chi connectivity index (χ3v) is 12.1. The number of fused-ring (bicyclic) bond motifs is 7. The van der Waals surface area contributed by atoms with Crippen LogP contribution in [-0.4, -0.2) is 0 Å². The molecule has 55 heavy (non-hydrogen) atoms. The van der Waals surface area contributed by atoms with E-state index in [9.17, 15) is 0 Å². The molecule has 0 fully saturated rings. The molecule has 0 spiro atoms. The lowest BCUT2D eigenvalue weighted by Gasteiger charge is -2.30. The average molecular weight is 720 g/mol. The van der Waals surface area contributed by atoms with Gasteiger partial charge in [0.25, 0.3) is 0 Å². The molecule has 0 bridgehead atoms. The van der Waals surface area contributed by atoms with Gasteiger partial charge in [0.05, 0.1) is 11.4 Å². The number of para-hydroxylation sites is 3. The number of nitrogens with zero attached hydrogens (tertiary/aromatic N) is 1. The van der Waals surface area contributed by atoms with Crippen molar-refractivity contribution in [2.24, 2.45) is 0 Å². The van der Waals surface area contributed by atoms with Crippen molar-refractivity contribution in [3.63, 3.8) is 0 Å². The Morgan fingerprint density at radius 2 is 0.964 bits per heavy atom. The quantitative estimate of drug-likeness (QED) is 0.170. The zero-order chi connectivity index (χ0) is 36.3. The zero-order valence-corrected chi connectivity index (χ0v) is 30.6. The third-order valence-electron chi connectivity index (χ3n) is 10.9. The highest BCUT2D eigenvalue weighted by Crippen LogP contribution is 2.48. The summed E-state index contributed by atoms with van der Waals surface area (Å²) in [4.78, 5) is 2.45. The van der Waals surface area contributed by atoms with Gasteiger partial charge in [0.2, 0.25) is 0 Å². The first-order valence-corrected chi connectivity index (χ1v) is 19.5. The molecule has 0 aliphatic rings. The van der Waals surface area contributed by atoms with Crippen molar-refractivity contribution < 1.29 is 4.42 Å². The fourth-order valence-corrected chi connectivity index (χ4v) is 9.60. The third kappa shape index (κ3) is 5.24. The summed E-state index contributed by atoms with van der Waals surface area (Å²) >= 11 is 1.87. The Hall–Kier alpha value is -6.94. The maximum Gasteiger partial charge on any atom is 0.136 e. The molecule has 0 unspecified atom stereocenters. The van der Waals surface area contributed by atoms with E-state index in [1.165, 1.54) is 53.2 Å². The van der Waals surface area contributed by atoms with Crippen molar-refractivity contribution in [3.8, 4) is 33.4 Å². The van der Waals surface area contributed by atoms with Gasteiger partial charge in [0.15, 0.2) is 0 Å². The molecule has 11 rings (SSSR count). The van der Waals surface area contributed by atoms with Gasteiger partial charge in [-0.3, -0.25) is 0 Å². The Bertz CT molecular complexity index is 3240. The summed E-state index contributed by atoms with van der Waals surface area (Å²) in [7, 11) is 0. The number of hydrogen-bond donors (Lipinski definition) is 0. The summed E-state index contributed by atoms with van der Waals surface area (Å²) in [6, 6.07) is 72.3. The minimum Gasteiger partial charge on any atom is -0.456 e. The standard InChI is InChI=1S/C52H33NOS/c1-2-18-38-34(14-1)15-12-24-41(38)42-20-4-8-27-48(42)53(37-17-11-16-35(32-37)40-23-13-25-46-45-22-6-10-29-51(45)55-52(40)46)47-26-7-3-19-39(47)36-30-31-44-43-21-5-9-28-49(43)54-50(44)33-36/h1-33H. The van der Waals surface area contributed by atoms with Crippen LogP contribution in [0.15, 0.2) is 205 Å². The van der Waals surface area contributed by atoms with E-state index in [0.717, 1.165) is 50.1 Å². The zero-order valence-electron chi connectivity index (χ0n) is 29.8. The lowest BCUT2D eigenvalue weighted by atomic mass is 9.95. The Balaban J connectivity index is 1.15. The minimum atomic E-state index is 0.884. The summed E-state index contributed by atoms with van der Waals surface area (Å²) < 4.78 is 9.03. The summed E-state index contributed by atoms with van der Waals surface area (Å²) in [6.45, 7) is 0. The fourth-order valence-electron chi connectivity index (χ4n) is 8.36. The summed E-state index contributed by atoms with van der Waals surface area (Å²) in [5.41, 5.74) is 12.1. The Kier molecular flexibility index (Phi) is 7.39. The van der Waals surface area contributed by atoms with Gasteiger partial charge in [-0.2, -0.15) is 0 Å². The second-order valence-corrected chi connectivity index (χ2v) is 15.1. The molecule has 0 saturated heterocycles. The largest absolute Gasteiger partial charge is 0.456 e. The van der Waals surface area contributed by atoms with E-state index < -0.39 is 0 Å². The van der Waals surface area contributed by atoms with Crippen LogP contribution in [0.3, 0.4) is 0 Å². The van der Waals surface area contributed by atoms with E-state index in [1.807, 2.05) is 23.5 Å². The van der Waals surface area contributed by atoms with E-state index in [1.54, 1.807) is 0 Å². The molecule has 0 aliphatic heterocycles. The minimum absolute atomic E-state index is 0.884. The van der Waals surface area contributed by atoms with E-state index in [2.05, 4.69) is 193 Å². The van der Waals surface area contributed by atoms with Crippen molar-refractivity contribution >= 4 is 81.3 Å². The Morgan fingerprint density at radius 1 is 0.364 bits per heavy atom. The topological polar surface area (TPSA) is 16.4 Å². The van der Waals surface area contributed by atoms with E-state index in [4.69, 9.17) is 4.42 Å². The molecule has 0 N–H and O–H groups in total. The van der Waals surface area contributed by atoms with Crippen LogP contribution in [0.2, 0.25) is 0 Å². The second-order valence-electron chi connectivity index (χ2n) is 14.0. The molecule has 3 heteroatoms. The van der Waals surface area contributed by atoms with Crippen molar-refractivity contribution in [3.05, 3.63) is 200 Å². The number of anilines is 3. The molecule has 0 saturated carbocycles. The van der Waals surface area contributed by atoms with Crippen LogP contribution in [0, 0.1) is 0 Å². The molecule has 258 valence electrons. The highest BCUT2D eigenvalue weighted by atomic mass is 32.1. The molecule has 2 heterocycles. The van der Waals surface area contributed by atoms with Gasteiger partial charge in [-0.1, -0.05) is 152 Å². The maximum atomic E-state index is 6.41. The van der Waals surface area contributed by atoms with Crippen LogP contribution in [0.4, 0.5) is 17.1 Å². The van der Waals surface area contributed by atoms with Gasteiger partial charge in [-0.05, 0) is 81.6 Å². The first kappa shape index (κ1) is 31.6. The van der Waals surface area contributed by atoms with Crippen LogP contribution < -0.4 is 4.90 Å². The van der Waals surface area contributed by atoms with Gasteiger partial charge in [-0.25, -0.2) is 0 Å². The first-order chi connectivity index (χ1) is 27.3. The molecule has 2 nitrogen and oxygen atoms in total. The molecular weight excluding hydrogens is 687 g/mol. The normalized spacial score (nSPS) is 11.6. The lowest BCUT2D eigenvalue weighted by molar-refractivity contribution is 0.669. The van der Waals surface area contributed by atoms with Gasteiger partial charge < -0.3 is 9.32 Å². The number of benzene rings is 9. The fraction of sp³-hybridized carbons (Fsp3) is 0. The van der Waals surface area contributed by atoms with Crippen LogP contribution in [0.25, 0.3) is 86.3 Å². The van der Waals surface area contributed by atoms with E-state index >= 15 is 0 Å². The highest BCUT2D eigenvalue weighted by Gasteiger charge is 2.22. The molecule has 0 amide bonds. The number of rotatable bonds is 6. The smallest absolute Gasteiger partial charge is 0.136 e. The molecule has 0 aliphatic carbocycles. The summed E-state index contributed by atoms with van der Waals surface area (Å²) in [6.07, 6.45) is 0. The molecule has 0 radical (unpaired) electrons. The maximum absolute atomic E-state index is 6.41. The average Bonchev–Trinajstić information content (AvgIpc) is 3.82. The predicted octanol–water partition coefficient (Wildman–Crippen LogP) is 15.6. The SMILES string of the molecule is c1cc(-c2cccc3c2sc2ccccc23)cc(N(c2ccccc2-c2ccc3c(c2)oc2ccccc23)c2ccccc2-c2cccc3ccccc23)c1. The predicted molar refractivity (Wildman–Crippen MR) is 235 cm³/mol. The number of furan rings is 1. The van der Waals surface area contributed by atoms with E-state index in [-0.39, 0.29) is 0 Å². The lowest BCUT2D eigenvalue weighted by Crippen LogP contribution is -2.12. The summed E-state index contributed by atoms with van der Waals surface area (Å²) in [5.74, 6) is 0. The molecule has 11 aromatic rings. The van der Waals surface area contributed by atoms with Gasteiger partial charge in [0.1, 0.15) is 11.2 Å². The van der Waals surface area contributed by atoms with Crippen molar-refractivity contribution in [1.82, 2.24) is 0 Å². The molecule has 9 aromatic carbocycles. The van der Waals surface area contributed by atoms with Crippen LogP contribution in [0.1, 0.15) is 0 Å². The number of thiophene rings is 1. The summed E-state index contributed by atoms with van der Waals surface area (Å²) in [5, 5.41) is 7.31. The van der Waals surface area contributed by atoms with E-state index in [0.29, 0.717) is 0 Å². The van der Waals surface area contributed by atoms with Gasteiger partial charge in [0, 0.05) is 47.8 Å². The molecule has 0 atom stereocenters. The van der Waals surface area contributed by atoms with Gasteiger partial charge in [-0.15, -0.1) is 11.3 Å². The van der Waals surface area contributed by atoms with Gasteiger partial charge >= 0.3 is 0 Å². The molecular formula is C52H33NOS.